The summed E-state index contributed by atoms with van der Waals surface area (Å²) in [6.45, 7) is 11.6. The molecule has 0 radical (unpaired) electrons. The van der Waals surface area contributed by atoms with Gasteiger partial charge in [0, 0.05) is 12.1 Å². The molecule has 3 nitrogen and oxygen atoms in total. The molecule has 0 aliphatic rings. The minimum absolute atomic E-state index is 0.0951. The van der Waals surface area contributed by atoms with E-state index >= 15 is 0 Å². The summed E-state index contributed by atoms with van der Waals surface area (Å²) in [5.41, 5.74) is 1.16. The van der Waals surface area contributed by atoms with E-state index in [9.17, 15) is 4.79 Å². The topological polar surface area (TPSA) is 29.5 Å². The maximum absolute atomic E-state index is 12.2. The van der Waals surface area contributed by atoms with Gasteiger partial charge < -0.3 is 9.64 Å². The van der Waals surface area contributed by atoms with E-state index in [1.165, 1.54) is 0 Å². The Morgan fingerprint density at radius 2 is 1.76 bits per heavy atom. The highest BCUT2D eigenvalue weighted by Crippen LogP contribution is 2.12. The smallest absolute Gasteiger partial charge is 0.411 e. The summed E-state index contributed by atoms with van der Waals surface area (Å²) in [4.78, 5) is 13.9. The minimum atomic E-state index is -0.334. The summed E-state index contributed by atoms with van der Waals surface area (Å²) in [5, 5.41) is 0. The third-order valence-electron chi connectivity index (χ3n) is 3.11. The van der Waals surface area contributed by atoms with Crippen LogP contribution in [-0.2, 0) is 11.2 Å². The molecular formula is C18H25NO2. The Morgan fingerprint density at radius 1 is 1.19 bits per heavy atom. The molecule has 0 heterocycles. The van der Waals surface area contributed by atoms with Crippen molar-refractivity contribution in [3.8, 4) is 0 Å². The molecule has 1 aromatic carbocycles. The largest absolute Gasteiger partial charge is 0.415 e. The number of carbonyl (C=O) groups is 1. The fourth-order valence-electron chi connectivity index (χ4n) is 2.17. The molecule has 21 heavy (non-hydrogen) atoms. The van der Waals surface area contributed by atoms with Crippen molar-refractivity contribution in [2.24, 2.45) is 0 Å². The number of carbonyl (C=O) groups excluding carboxylic acids is 1. The van der Waals surface area contributed by atoms with E-state index < -0.39 is 0 Å². The van der Waals surface area contributed by atoms with Crippen LogP contribution >= 0.6 is 0 Å². The molecule has 0 aliphatic heterocycles. The zero-order valence-corrected chi connectivity index (χ0v) is 13.4. The van der Waals surface area contributed by atoms with Crippen molar-refractivity contribution in [2.45, 2.75) is 46.2 Å². The van der Waals surface area contributed by atoms with Crippen LogP contribution in [0.25, 0.3) is 0 Å². The van der Waals surface area contributed by atoms with Crippen LogP contribution < -0.4 is 0 Å². The van der Waals surface area contributed by atoms with Crippen LogP contribution in [0, 0.1) is 0 Å². The van der Waals surface area contributed by atoms with Crippen molar-refractivity contribution in [3.05, 3.63) is 60.4 Å². The maximum Gasteiger partial charge on any atom is 0.415 e. The molecule has 0 bridgehead atoms. The van der Waals surface area contributed by atoms with Gasteiger partial charge in [-0.2, -0.15) is 0 Å². The molecule has 3 heteroatoms. The van der Waals surface area contributed by atoms with E-state index in [2.05, 4.69) is 6.58 Å². The predicted molar refractivity (Wildman–Crippen MR) is 87.0 cm³/mol. The van der Waals surface area contributed by atoms with Crippen molar-refractivity contribution >= 4 is 6.09 Å². The molecule has 0 saturated carbocycles. The Balaban J connectivity index is 2.73. The van der Waals surface area contributed by atoms with Gasteiger partial charge in [0.15, 0.2) is 0 Å². The quantitative estimate of drug-likeness (QED) is 0.567. The Kier molecular flexibility index (Phi) is 6.73. The van der Waals surface area contributed by atoms with Crippen LogP contribution in [0.4, 0.5) is 4.79 Å². The second-order valence-corrected chi connectivity index (χ2v) is 5.46. The first-order chi connectivity index (χ1) is 9.95. The molecule has 0 aromatic heterocycles. The lowest BCUT2D eigenvalue weighted by atomic mass is 10.1. The van der Waals surface area contributed by atoms with Gasteiger partial charge in [-0.25, -0.2) is 4.79 Å². The first-order valence-electron chi connectivity index (χ1n) is 7.32. The van der Waals surface area contributed by atoms with Crippen molar-refractivity contribution in [1.82, 2.24) is 4.90 Å². The third-order valence-corrected chi connectivity index (χ3v) is 3.11. The SMILES string of the molecule is C=C/C(=C/Cc1ccccc1)OC(=O)N(C(C)C)C(C)C. The zero-order chi connectivity index (χ0) is 15.8. The number of nitrogens with zero attached hydrogens (tertiary/aromatic N) is 1. The number of hydrogen-bond donors (Lipinski definition) is 0. The Bertz CT molecular complexity index is 481. The minimum Gasteiger partial charge on any atom is -0.411 e. The van der Waals surface area contributed by atoms with Gasteiger partial charge in [0.25, 0.3) is 0 Å². The summed E-state index contributed by atoms with van der Waals surface area (Å²) in [7, 11) is 0. The number of amides is 1. The van der Waals surface area contributed by atoms with Gasteiger partial charge in [-0.1, -0.05) is 36.9 Å². The van der Waals surface area contributed by atoms with Crippen LogP contribution in [0.5, 0.6) is 0 Å². The van der Waals surface area contributed by atoms with Gasteiger partial charge >= 0.3 is 6.09 Å². The molecule has 0 atom stereocenters. The third kappa shape index (κ3) is 5.46. The van der Waals surface area contributed by atoms with Gasteiger partial charge in [0.1, 0.15) is 5.76 Å². The molecule has 0 aliphatic carbocycles. The molecule has 0 N–H and O–H groups in total. The molecule has 114 valence electrons. The van der Waals surface area contributed by atoms with E-state index in [-0.39, 0.29) is 18.2 Å². The molecular weight excluding hydrogens is 262 g/mol. The lowest BCUT2D eigenvalue weighted by Gasteiger charge is -2.29. The van der Waals surface area contributed by atoms with Gasteiger partial charge in [-0.05, 0) is 51.8 Å². The van der Waals surface area contributed by atoms with Crippen molar-refractivity contribution in [1.29, 1.82) is 0 Å². The lowest BCUT2D eigenvalue weighted by molar-refractivity contribution is 0.104. The summed E-state index contributed by atoms with van der Waals surface area (Å²) >= 11 is 0. The van der Waals surface area contributed by atoms with Crippen LogP contribution in [0.2, 0.25) is 0 Å². The van der Waals surface area contributed by atoms with E-state index in [0.29, 0.717) is 12.2 Å². The summed E-state index contributed by atoms with van der Waals surface area (Å²) in [5.74, 6) is 0.496. The number of benzene rings is 1. The van der Waals surface area contributed by atoms with Gasteiger partial charge in [0.05, 0.1) is 0 Å². The number of allylic oxidation sites excluding steroid dienone is 2. The number of hydrogen-bond acceptors (Lipinski definition) is 2. The summed E-state index contributed by atoms with van der Waals surface area (Å²) in [6.07, 6.45) is 3.82. The fraction of sp³-hybridized carbons (Fsp3) is 0.389. The predicted octanol–water partition coefficient (Wildman–Crippen LogP) is 4.55. The van der Waals surface area contributed by atoms with Crippen molar-refractivity contribution in [2.75, 3.05) is 0 Å². The van der Waals surface area contributed by atoms with Gasteiger partial charge in [-0.3, -0.25) is 0 Å². The Morgan fingerprint density at radius 3 is 2.24 bits per heavy atom. The number of rotatable bonds is 6. The fourth-order valence-corrected chi connectivity index (χ4v) is 2.17. The molecule has 1 amide bonds. The van der Waals surface area contributed by atoms with E-state index in [4.69, 9.17) is 4.74 Å². The zero-order valence-electron chi connectivity index (χ0n) is 13.4. The Labute approximate surface area is 127 Å². The Hall–Kier alpha value is -2.03. The molecule has 0 fully saturated rings. The summed E-state index contributed by atoms with van der Waals surface area (Å²) in [6, 6.07) is 10.2. The van der Waals surface area contributed by atoms with Gasteiger partial charge in [0.2, 0.25) is 0 Å². The molecule has 1 aromatic rings. The van der Waals surface area contributed by atoms with Crippen molar-refractivity contribution in [3.63, 3.8) is 0 Å². The molecule has 0 spiro atoms. The van der Waals surface area contributed by atoms with Crippen molar-refractivity contribution < 1.29 is 9.53 Å². The average molecular weight is 287 g/mol. The molecule has 1 rings (SSSR count). The van der Waals surface area contributed by atoms with Gasteiger partial charge in [-0.15, -0.1) is 0 Å². The second-order valence-electron chi connectivity index (χ2n) is 5.46. The number of ether oxygens (including phenoxy) is 1. The summed E-state index contributed by atoms with van der Waals surface area (Å²) < 4.78 is 5.44. The molecule has 0 unspecified atom stereocenters. The van der Waals surface area contributed by atoms with E-state index in [1.807, 2.05) is 64.1 Å². The average Bonchev–Trinajstić information content (AvgIpc) is 2.43. The lowest BCUT2D eigenvalue weighted by Crippen LogP contribution is -2.42. The monoisotopic (exact) mass is 287 g/mol. The first-order valence-corrected chi connectivity index (χ1v) is 7.32. The highest BCUT2D eigenvalue weighted by molar-refractivity contribution is 5.70. The normalized spacial score (nSPS) is 11.6. The first kappa shape index (κ1) is 17.0. The van der Waals surface area contributed by atoms with Crippen LogP contribution in [0.3, 0.4) is 0 Å². The second kappa shape index (κ2) is 8.30. The van der Waals surface area contributed by atoms with Crippen LogP contribution in [-0.4, -0.2) is 23.1 Å². The van der Waals surface area contributed by atoms with Crippen LogP contribution in [0.15, 0.2) is 54.8 Å². The standard InChI is InChI=1S/C18H25NO2/c1-6-17(13-12-16-10-8-7-9-11-16)21-18(20)19(14(2)3)15(4)5/h6-11,13-15H,1,12H2,2-5H3/b17-13-. The van der Waals surface area contributed by atoms with E-state index in [0.717, 1.165) is 5.56 Å². The van der Waals surface area contributed by atoms with Crippen LogP contribution in [0.1, 0.15) is 33.3 Å². The van der Waals surface area contributed by atoms with E-state index in [1.54, 1.807) is 11.0 Å². The highest BCUT2D eigenvalue weighted by Gasteiger charge is 2.22. The maximum atomic E-state index is 12.2. The molecule has 0 saturated heterocycles. The highest BCUT2D eigenvalue weighted by atomic mass is 16.6.